The molecule has 0 fully saturated rings. The minimum Gasteiger partial charge on any atom is -0.453 e. The van der Waals surface area contributed by atoms with Gasteiger partial charge < -0.3 is 4.74 Å². The van der Waals surface area contributed by atoms with Crippen LogP contribution in [0.4, 0.5) is 17.1 Å². The van der Waals surface area contributed by atoms with Crippen LogP contribution < -0.4 is 4.74 Å². The summed E-state index contributed by atoms with van der Waals surface area (Å²) in [5.41, 5.74) is 0.145. The molecule has 2 rings (SSSR count). The molecule has 0 spiro atoms. The topological polar surface area (TPSA) is 97.5 Å². The Hall–Kier alpha value is -3.62. The molecule has 0 amide bonds. The number of para-hydroxylation sites is 1. The van der Waals surface area contributed by atoms with Gasteiger partial charge in [-0.3, -0.25) is 0 Å². The number of carbonyl (C=O) groups excluding carboxylic acids is 3. The number of hydrogen-bond acceptors (Lipinski definition) is 7. The molecule has 0 bridgehead atoms. The van der Waals surface area contributed by atoms with Crippen molar-refractivity contribution in [1.29, 1.82) is 0 Å². The molecule has 7 nitrogen and oxygen atoms in total. The molecule has 0 radical (unpaired) electrons. The summed E-state index contributed by atoms with van der Waals surface area (Å²) in [6.45, 7) is 0. The molecule has 0 aliphatic carbocycles. The van der Waals surface area contributed by atoms with Crippen molar-refractivity contribution in [2.24, 2.45) is 15.0 Å². The van der Waals surface area contributed by atoms with Crippen molar-refractivity contribution < 1.29 is 19.1 Å². The summed E-state index contributed by atoms with van der Waals surface area (Å²) in [6.07, 6.45) is 4.07. The minimum absolute atomic E-state index is 0.0179. The largest absolute Gasteiger partial charge is 0.453 e. The van der Waals surface area contributed by atoms with Crippen molar-refractivity contribution in [3.63, 3.8) is 0 Å². The number of nitrogens with zero attached hydrogens (tertiary/aromatic N) is 3. The molecule has 0 saturated heterocycles. The van der Waals surface area contributed by atoms with Crippen LogP contribution in [-0.4, -0.2) is 18.2 Å². The highest BCUT2D eigenvalue weighted by Crippen LogP contribution is 2.43. The van der Waals surface area contributed by atoms with Crippen LogP contribution in [0.15, 0.2) is 57.4 Å². The highest BCUT2D eigenvalue weighted by atomic mass is 16.5. The summed E-state index contributed by atoms with van der Waals surface area (Å²) in [5.74, 6) is 0.488. The summed E-state index contributed by atoms with van der Waals surface area (Å²) in [5, 5.41) is 0. The van der Waals surface area contributed by atoms with Crippen LogP contribution in [-0.2, 0) is 14.4 Å². The Morgan fingerprint density at radius 2 is 1.32 bits per heavy atom. The third kappa shape index (κ3) is 3.48. The van der Waals surface area contributed by atoms with Crippen molar-refractivity contribution in [2.75, 3.05) is 0 Å². The van der Waals surface area contributed by atoms with E-state index in [4.69, 9.17) is 4.74 Å². The average Bonchev–Trinajstić information content (AvgIpc) is 2.52. The zero-order valence-electron chi connectivity index (χ0n) is 11.0. The molecule has 2 aromatic carbocycles. The normalized spacial score (nSPS) is 8.91. The molecule has 2 aromatic rings. The van der Waals surface area contributed by atoms with Crippen LogP contribution in [0.25, 0.3) is 0 Å². The second-order valence-electron chi connectivity index (χ2n) is 3.84. The molecule has 0 heterocycles. The molecule has 106 valence electrons. The van der Waals surface area contributed by atoms with Crippen LogP contribution in [0.3, 0.4) is 0 Å². The molecule has 0 atom stereocenters. The van der Waals surface area contributed by atoms with Crippen molar-refractivity contribution in [2.45, 2.75) is 0 Å². The van der Waals surface area contributed by atoms with E-state index >= 15 is 0 Å². The second-order valence-corrected chi connectivity index (χ2v) is 3.84. The molecule has 7 heteroatoms. The Balaban J connectivity index is 2.64. The summed E-state index contributed by atoms with van der Waals surface area (Å²) in [4.78, 5) is 41.8. The van der Waals surface area contributed by atoms with Crippen LogP contribution in [0, 0.1) is 0 Å². The quantitative estimate of drug-likeness (QED) is 0.623. The standard InChI is InChI=1S/C15H7N3O4/c19-8-16-11-6-13(17-9-20)15(14(7-11)18-10-21)22-12-4-2-1-3-5-12/h1-7H. The maximum Gasteiger partial charge on any atom is 0.240 e. The van der Waals surface area contributed by atoms with Crippen LogP contribution in [0.1, 0.15) is 0 Å². The molecule has 22 heavy (non-hydrogen) atoms. The van der Waals surface area contributed by atoms with Gasteiger partial charge in [0, 0.05) is 0 Å². The van der Waals surface area contributed by atoms with Crippen LogP contribution in [0.2, 0.25) is 0 Å². The van der Waals surface area contributed by atoms with E-state index in [9.17, 15) is 14.4 Å². The number of benzene rings is 2. The first kappa shape index (κ1) is 14.8. The first-order valence-electron chi connectivity index (χ1n) is 5.93. The van der Waals surface area contributed by atoms with Gasteiger partial charge in [0.05, 0.1) is 5.69 Å². The monoisotopic (exact) mass is 293 g/mol. The van der Waals surface area contributed by atoms with Gasteiger partial charge in [0.1, 0.15) is 17.1 Å². The Morgan fingerprint density at radius 1 is 0.773 bits per heavy atom. The summed E-state index contributed by atoms with van der Waals surface area (Å²) in [6, 6.07) is 11.2. The zero-order chi connectivity index (χ0) is 15.8. The van der Waals surface area contributed by atoms with E-state index < -0.39 is 0 Å². The van der Waals surface area contributed by atoms with E-state index in [0.29, 0.717) is 5.75 Å². The van der Waals surface area contributed by atoms with E-state index in [2.05, 4.69) is 15.0 Å². The third-order valence-electron chi connectivity index (χ3n) is 2.50. The molecular weight excluding hydrogens is 286 g/mol. The molecule has 0 aliphatic heterocycles. The van der Waals surface area contributed by atoms with Gasteiger partial charge in [-0.05, 0) is 24.3 Å². The molecule has 0 N–H and O–H groups in total. The van der Waals surface area contributed by atoms with Gasteiger partial charge >= 0.3 is 0 Å². The Morgan fingerprint density at radius 3 is 1.82 bits per heavy atom. The first-order valence-corrected chi connectivity index (χ1v) is 5.93. The van der Waals surface area contributed by atoms with Crippen molar-refractivity contribution in [1.82, 2.24) is 0 Å². The van der Waals surface area contributed by atoms with Crippen molar-refractivity contribution in [3.05, 3.63) is 42.5 Å². The second kappa shape index (κ2) is 7.24. The van der Waals surface area contributed by atoms with Gasteiger partial charge in [-0.15, -0.1) is 0 Å². The maximum atomic E-state index is 10.6. The van der Waals surface area contributed by atoms with E-state index in [1.807, 2.05) is 0 Å². The molecule has 0 saturated carbocycles. The molecule has 0 aromatic heterocycles. The van der Waals surface area contributed by atoms with Gasteiger partial charge in [0.25, 0.3) is 0 Å². The SMILES string of the molecule is O=C=Nc1cc(N=C=O)c(Oc2ccccc2)c(N=C=O)c1. The highest BCUT2D eigenvalue weighted by molar-refractivity contribution is 5.76. The zero-order valence-corrected chi connectivity index (χ0v) is 11.0. The predicted molar refractivity (Wildman–Crippen MR) is 76.3 cm³/mol. The summed E-state index contributed by atoms with van der Waals surface area (Å²) in [7, 11) is 0. The molecule has 0 aliphatic rings. The Bertz CT molecular complexity index is 790. The Kier molecular flexibility index (Phi) is 4.86. The molecule has 0 unspecified atom stereocenters. The minimum atomic E-state index is 0.0179. The highest BCUT2D eigenvalue weighted by Gasteiger charge is 2.13. The lowest BCUT2D eigenvalue weighted by Crippen LogP contribution is -1.86. The van der Waals surface area contributed by atoms with Gasteiger partial charge in [-0.2, -0.15) is 15.0 Å². The third-order valence-corrected chi connectivity index (χ3v) is 2.50. The van der Waals surface area contributed by atoms with Gasteiger partial charge in [0.15, 0.2) is 5.75 Å². The number of ether oxygens (including phenoxy) is 1. The lowest BCUT2D eigenvalue weighted by molar-refractivity contribution is 0.485. The fourth-order valence-electron chi connectivity index (χ4n) is 1.68. The van der Waals surface area contributed by atoms with Gasteiger partial charge in [0.2, 0.25) is 18.2 Å². The molecular formula is C15H7N3O4. The predicted octanol–water partition coefficient (Wildman–Crippen LogP) is 3.38. The number of hydrogen-bond donors (Lipinski definition) is 0. The van der Waals surface area contributed by atoms with Gasteiger partial charge in [-0.1, -0.05) is 18.2 Å². The van der Waals surface area contributed by atoms with Crippen LogP contribution >= 0.6 is 0 Å². The van der Waals surface area contributed by atoms with E-state index in [-0.39, 0.29) is 22.8 Å². The summed E-state index contributed by atoms with van der Waals surface area (Å²) < 4.78 is 5.59. The van der Waals surface area contributed by atoms with Crippen LogP contribution in [0.5, 0.6) is 11.5 Å². The number of isocyanates is 3. The average molecular weight is 293 g/mol. The number of rotatable bonds is 5. The van der Waals surface area contributed by atoms with Crippen molar-refractivity contribution >= 4 is 35.3 Å². The van der Waals surface area contributed by atoms with Gasteiger partial charge in [-0.25, -0.2) is 14.4 Å². The maximum absolute atomic E-state index is 10.6. The van der Waals surface area contributed by atoms with E-state index in [1.165, 1.54) is 30.4 Å². The first-order chi connectivity index (χ1) is 10.8. The lowest BCUT2D eigenvalue weighted by atomic mass is 10.2. The fourth-order valence-corrected chi connectivity index (χ4v) is 1.68. The lowest BCUT2D eigenvalue weighted by Gasteiger charge is -2.10. The van der Waals surface area contributed by atoms with E-state index in [1.54, 1.807) is 30.3 Å². The fraction of sp³-hybridized carbons (Fsp3) is 0. The smallest absolute Gasteiger partial charge is 0.240 e. The summed E-state index contributed by atoms with van der Waals surface area (Å²) >= 11 is 0. The van der Waals surface area contributed by atoms with E-state index in [0.717, 1.165) is 0 Å². The Labute approximate surface area is 124 Å². The van der Waals surface area contributed by atoms with Crippen molar-refractivity contribution in [3.8, 4) is 11.5 Å². The number of aliphatic imine (C=N–C) groups is 3.